The molecule has 0 atom stereocenters. The zero-order chi connectivity index (χ0) is 21.9. The van der Waals surface area contributed by atoms with Crippen molar-refractivity contribution in [1.29, 1.82) is 0 Å². The second-order valence-corrected chi connectivity index (χ2v) is 9.81. The number of sulfonamides is 1. The molecule has 0 aliphatic carbocycles. The Morgan fingerprint density at radius 2 is 1.77 bits per heavy atom. The maximum Gasteiger partial charge on any atom is 0.243 e. The third kappa shape index (κ3) is 4.99. The van der Waals surface area contributed by atoms with E-state index in [-0.39, 0.29) is 11.4 Å². The van der Waals surface area contributed by atoms with Crippen LogP contribution in [0.5, 0.6) is 0 Å². The maximum atomic E-state index is 13.8. The van der Waals surface area contributed by atoms with Crippen molar-refractivity contribution in [2.75, 3.05) is 36.9 Å². The number of piperidine rings is 1. The van der Waals surface area contributed by atoms with Crippen LogP contribution in [0.2, 0.25) is 0 Å². The lowest BCUT2D eigenvalue weighted by molar-refractivity contribution is -0.116. The summed E-state index contributed by atoms with van der Waals surface area (Å²) in [4.78, 5) is 14.9. The molecule has 0 bridgehead atoms. The van der Waals surface area contributed by atoms with Crippen LogP contribution < -0.4 is 10.2 Å². The fraction of sp³-hybridized carbons (Fsp3) is 0.409. The second-order valence-electron chi connectivity index (χ2n) is 7.76. The molecule has 1 saturated heterocycles. The molecule has 1 fully saturated rings. The van der Waals surface area contributed by atoms with Crippen LogP contribution in [-0.4, -0.2) is 45.3 Å². The standard InChI is InChI=1S/C22H28FN3O3S/c1-16-7-9-19(13-17(16)2)30(28,29)25(3)15-22(27)24-20-14-18(23)8-10-21(20)26-11-5-4-6-12-26/h7-10,13-14H,4-6,11-12,15H2,1-3H3,(H,24,27). The predicted molar refractivity (Wildman–Crippen MR) is 117 cm³/mol. The third-order valence-corrected chi connectivity index (χ3v) is 7.28. The zero-order valence-electron chi connectivity index (χ0n) is 17.6. The predicted octanol–water partition coefficient (Wildman–Crippen LogP) is 3.69. The van der Waals surface area contributed by atoms with Gasteiger partial charge in [-0.1, -0.05) is 6.07 Å². The van der Waals surface area contributed by atoms with Crippen LogP contribution in [-0.2, 0) is 14.8 Å². The number of aryl methyl sites for hydroxylation is 2. The summed E-state index contributed by atoms with van der Waals surface area (Å²) in [6, 6.07) is 9.18. The molecule has 1 amide bonds. The van der Waals surface area contributed by atoms with Crippen molar-refractivity contribution in [2.24, 2.45) is 0 Å². The number of hydrogen-bond donors (Lipinski definition) is 1. The first kappa shape index (κ1) is 22.2. The normalized spacial score (nSPS) is 14.8. The Hall–Kier alpha value is -2.45. The first-order valence-corrected chi connectivity index (χ1v) is 11.5. The van der Waals surface area contributed by atoms with Crippen LogP contribution in [0, 0.1) is 19.7 Å². The van der Waals surface area contributed by atoms with Gasteiger partial charge in [-0.2, -0.15) is 4.31 Å². The minimum atomic E-state index is -3.82. The van der Waals surface area contributed by atoms with Gasteiger partial charge in [0.15, 0.2) is 0 Å². The highest BCUT2D eigenvalue weighted by molar-refractivity contribution is 7.89. The van der Waals surface area contributed by atoms with Gasteiger partial charge >= 0.3 is 0 Å². The molecule has 2 aromatic carbocycles. The van der Waals surface area contributed by atoms with Crippen LogP contribution >= 0.6 is 0 Å². The van der Waals surface area contributed by atoms with Gasteiger partial charge in [-0.25, -0.2) is 12.8 Å². The highest BCUT2D eigenvalue weighted by atomic mass is 32.2. The zero-order valence-corrected chi connectivity index (χ0v) is 18.4. The highest BCUT2D eigenvalue weighted by Crippen LogP contribution is 2.29. The summed E-state index contributed by atoms with van der Waals surface area (Å²) < 4.78 is 40.5. The minimum absolute atomic E-state index is 0.140. The number of amides is 1. The van der Waals surface area contributed by atoms with E-state index >= 15 is 0 Å². The lowest BCUT2D eigenvalue weighted by atomic mass is 10.1. The molecule has 1 heterocycles. The Labute approximate surface area is 177 Å². The van der Waals surface area contributed by atoms with E-state index < -0.39 is 21.7 Å². The number of nitrogens with zero attached hydrogens (tertiary/aromatic N) is 2. The van der Waals surface area contributed by atoms with Crippen molar-refractivity contribution in [3.63, 3.8) is 0 Å². The summed E-state index contributed by atoms with van der Waals surface area (Å²) >= 11 is 0. The summed E-state index contributed by atoms with van der Waals surface area (Å²) in [5.41, 5.74) is 2.97. The first-order chi connectivity index (χ1) is 14.2. The summed E-state index contributed by atoms with van der Waals surface area (Å²) in [6.07, 6.45) is 3.24. The van der Waals surface area contributed by atoms with Gasteiger partial charge in [0, 0.05) is 20.1 Å². The Morgan fingerprint density at radius 1 is 1.07 bits per heavy atom. The SMILES string of the molecule is Cc1ccc(S(=O)(=O)N(C)CC(=O)Nc2cc(F)ccc2N2CCCCC2)cc1C. The van der Waals surface area contributed by atoms with Crippen molar-refractivity contribution < 1.29 is 17.6 Å². The highest BCUT2D eigenvalue weighted by Gasteiger charge is 2.24. The van der Waals surface area contributed by atoms with Crippen LogP contribution in [0.3, 0.4) is 0 Å². The van der Waals surface area contributed by atoms with E-state index in [9.17, 15) is 17.6 Å². The number of nitrogens with one attached hydrogen (secondary N) is 1. The topological polar surface area (TPSA) is 69.7 Å². The third-order valence-electron chi connectivity index (χ3n) is 5.48. The van der Waals surface area contributed by atoms with E-state index in [1.165, 1.54) is 25.2 Å². The molecule has 2 aromatic rings. The molecule has 6 nitrogen and oxygen atoms in total. The maximum absolute atomic E-state index is 13.8. The Morgan fingerprint density at radius 3 is 2.43 bits per heavy atom. The van der Waals surface area contributed by atoms with Gasteiger partial charge in [0.2, 0.25) is 15.9 Å². The Kier molecular flexibility index (Phi) is 6.77. The monoisotopic (exact) mass is 433 g/mol. The number of hydrogen-bond acceptors (Lipinski definition) is 4. The smallest absolute Gasteiger partial charge is 0.243 e. The van der Waals surface area contributed by atoms with E-state index in [0.717, 1.165) is 53.5 Å². The Bertz CT molecular complexity index is 1030. The number of carbonyl (C=O) groups is 1. The summed E-state index contributed by atoms with van der Waals surface area (Å²) in [7, 11) is -2.45. The quantitative estimate of drug-likeness (QED) is 0.754. The molecule has 8 heteroatoms. The molecular formula is C22H28FN3O3S. The molecular weight excluding hydrogens is 405 g/mol. The second kappa shape index (κ2) is 9.14. The number of halogens is 1. The van der Waals surface area contributed by atoms with Crippen molar-refractivity contribution in [3.8, 4) is 0 Å². The molecule has 30 heavy (non-hydrogen) atoms. The Balaban J connectivity index is 1.75. The van der Waals surface area contributed by atoms with Crippen LogP contribution in [0.25, 0.3) is 0 Å². The van der Waals surface area contributed by atoms with Crippen molar-refractivity contribution in [2.45, 2.75) is 38.0 Å². The molecule has 1 N–H and O–H groups in total. The fourth-order valence-electron chi connectivity index (χ4n) is 3.55. The van der Waals surface area contributed by atoms with Crippen LogP contribution in [0.1, 0.15) is 30.4 Å². The van der Waals surface area contributed by atoms with E-state index in [1.54, 1.807) is 18.2 Å². The lowest BCUT2D eigenvalue weighted by Crippen LogP contribution is -2.36. The molecule has 0 spiro atoms. The molecule has 1 aliphatic heterocycles. The summed E-state index contributed by atoms with van der Waals surface area (Å²) in [5.74, 6) is -0.976. The molecule has 3 rings (SSSR count). The van der Waals surface area contributed by atoms with Gasteiger partial charge < -0.3 is 10.2 Å². The van der Waals surface area contributed by atoms with E-state index in [1.807, 2.05) is 13.8 Å². The minimum Gasteiger partial charge on any atom is -0.370 e. The number of benzene rings is 2. The van der Waals surface area contributed by atoms with Crippen molar-refractivity contribution >= 4 is 27.3 Å². The van der Waals surface area contributed by atoms with Crippen LogP contribution in [0.4, 0.5) is 15.8 Å². The molecule has 0 saturated carbocycles. The number of anilines is 2. The van der Waals surface area contributed by atoms with Crippen molar-refractivity contribution in [1.82, 2.24) is 4.31 Å². The van der Waals surface area contributed by atoms with E-state index in [2.05, 4.69) is 10.2 Å². The van der Waals surface area contributed by atoms with Gasteiger partial charge in [0.1, 0.15) is 5.82 Å². The molecule has 162 valence electrons. The van der Waals surface area contributed by atoms with Gasteiger partial charge in [0.05, 0.1) is 22.8 Å². The van der Waals surface area contributed by atoms with Gasteiger partial charge in [0.25, 0.3) is 0 Å². The van der Waals surface area contributed by atoms with E-state index in [4.69, 9.17) is 0 Å². The molecule has 1 aliphatic rings. The molecule has 0 aromatic heterocycles. The number of rotatable bonds is 6. The van der Waals surface area contributed by atoms with Gasteiger partial charge in [-0.05, 0) is 74.6 Å². The van der Waals surface area contributed by atoms with Crippen LogP contribution in [0.15, 0.2) is 41.3 Å². The summed E-state index contributed by atoms with van der Waals surface area (Å²) in [5, 5.41) is 2.70. The first-order valence-electron chi connectivity index (χ1n) is 10.1. The fourth-order valence-corrected chi connectivity index (χ4v) is 4.76. The number of carbonyl (C=O) groups excluding carboxylic acids is 1. The molecule has 0 radical (unpaired) electrons. The summed E-state index contributed by atoms with van der Waals surface area (Å²) in [6.45, 7) is 5.06. The van der Waals surface area contributed by atoms with E-state index in [0.29, 0.717) is 5.69 Å². The largest absolute Gasteiger partial charge is 0.370 e. The van der Waals surface area contributed by atoms with Gasteiger partial charge in [-0.15, -0.1) is 0 Å². The van der Waals surface area contributed by atoms with Gasteiger partial charge in [-0.3, -0.25) is 4.79 Å². The lowest BCUT2D eigenvalue weighted by Gasteiger charge is -2.30. The average Bonchev–Trinajstić information content (AvgIpc) is 2.70. The number of likely N-dealkylation sites (N-methyl/N-ethyl adjacent to an activating group) is 1. The molecule has 0 unspecified atom stereocenters. The average molecular weight is 434 g/mol. The van der Waals surface area contributed by atoms with Crippen molar-refractivity contribution in [3.05, 3.63) is 53.3 Å².